The van der Waals surface area contributed by atoms with Crippen molar-refractivity contribution in [1.29, 1.82) is 0 Å². The fourth-order valence-corrected chi connectivity index (χ4v) is 3.84. The normalized spacial score (nSPS) is 18.5. The van der Waals surface area contributed by atoms with E-state index in [0.717, 1.165) is 23.7 Å². The van der Waals surface area contributed by atoms with Crippen molar-refractivity contribution in [3.63, 3.8) is 0 Å². The van der Waals surface area contributed by atoms with Crippen LogP contribution in [0.1, 0.15) is 42.7 Å². The molecular formula is C15H20N2OS. The quantitative estimate of drug-likeness (QED) is 0.844. The maximum absolute atomic E-state index is 5.16. The molecule has 1 atom stereocenters. The Labute approximate surface area is 118 Å². The molecule has 2 aromatic heterocycles. The molecule has 0 spiro atoms. The summed E-state index contributed by atoms with van der Waals surface area (Å²) in [5, 5.41) is 4.65. The number of furan rings is 1. The van der Waals surface area contributed by atoms with Crippen molar-refractivity contribution in [2.75, 3.05) is 13.1 Å². The third-order valence-electron chi connectivity index (χ3n) is 3.66. The molecular weight excluding hydrogens is 256 g/mol. The number of hydrogen-bond acceptors (Lipinski definition) is 4. The molecule has 0 aromatic carbocycles. The van der Waals surface area contributed by atoms with Gasteiger partial charge in [0, 0.05) is 22.9 Å². The SMILES string of the molecule is CCCNCC1CCCc2sc(-c3ccoc3)nc21. The first kappa shape index (κ1) is 12.9. The first-order chi connectivity index (χ1) is 9.38. The van der Waals surface area contributed by atoms with E-state index in [1.165, 1.54) is 36.3 Å². The fraction of sp³-hybridized carbons (Fsp3) is 0.533. The summed E-state index contributed by atoms with van der Waals surface area (Å²) in [5.41, 5.74) is 2.44. The van der Waals surface area contributed by atoms with Crippen LogP contribution in [-0.2, 0) is 6.42 Å². The van der Waals surface area contributed by atoms with Crippen LogP contribution in [0.4, 0.5) is 0 Å². The van der Waals surface area contributed by atoms with Crippen LogP contribution < -0.4 is 5.32 Å². The maximum atomic E-state index is 5.16. The number of nitrogens with one attached hydrogen (secondary N) is 1. The molecule has 0 amide bonds. The average molecular weight is 276 g/mol. The van der Waals surface area contributed by atoms with Gasteiger partial charge in [0.05, 0.1) is 12.0 Å². The molecule has 1 N–H and O–H groups in total. The zero-order valence-electron chi connectivity index (χ0n) is 11.3. The lowest BCUT2D eigenvalue weighted by Crippen LogP contribution is -2.24. The van der Waals surface area contributed by atoms with E-state index in [1.807, 2.05) is 17.4 Å². The van der Waals surface area contributed by atoms with Crippen molar-refractivity contribution < 1.29 is 4.42 Å². The third kappa shape index (κ3) is 2.74. The van der Waals surface area contributed by atoms with Crippen molar-refractivity contribution in [3.8, 4) is 10.6 Å². The summed E-state index contributed by atoms with van der Waals surface area (Å²) < 4.78 is 5.16. The van der Waals surface area contributed by atoms with Gasteiger partial charge in [0.1, 0.15) is 11.3 Å². The van der Waals surface area contributed by atoms with Crippen molar-refractivity contribution in [1.82, 2.24) is 10.3 Å². The summed E-state index contributed by atoms with van der Waals surface area (Å²) in [5.74, 6) is 0.590. The molecule has 0 fully saturated rings. The molecule has 3 nitrogen and oxygen atoms in total. The van der Waals surface area contributed by atoms with Gasteiger partial charge in [-0.3, -0.25) is 0 Å². The fourth-order valence-electron chi connectivity index (χ4n) is 2.67. The van der Waals surface area contributed by atoms with Gasteiger partial charge in [0.25, 0.3) is 0 Å². The van der Waals surface area contributed by atoms with E-state index in [-0.39, 0.29) is 0 Å². The van der Waals surface area contributed by atoms with Crippen LogP contribution in [0, 0.1) is 0 Å². The van der Waals surface area contributed by atoms with Gasteiger partial charge in [-0.25, -0.2) is 4.98 Å². The van der Waals surface area contributed by atoms with Gasteiger partial charge in [0.15, 0.2) is 0 Å². The molecule has 0 saturated carbocycles. The van der Waals surface area contributed by atoms with Gasteiger partial charge < -0.3 is 9.73 Å². The van der Waals surface area contributed by atoms with Crippen molar-refractivity contribution in [2.24, 2.45) is 0 Å². The number of fused-ring (bicyclic) bond motifs is 1. The Morgan fingerprint density at radius 2 is 2.47 bits per heavy atom. The zero-order chi connectivity index (χ0) is 13.1. The predicted molar refractivity (Wildman–Crippen MR) is 78.7 cm³/mol. The molecule has 102 valence electrons. The van der Waals surface area contributed by atoms with Crippen molar-refractivity contribution in [2.45, 2.75) is 38.5 Å². The molecule has 0 radical (unpaired) electrons. The molecule has 0 saturated heterocycles. The van der Waals surface area contributed by atoms with Gasteiger partial charge in [-0.2, -0.15) is 0 Å². The molecule has 19 heavy (non-hydrogen) atoms. The summed E-state index contributed by atoms with van der Waals surface area (Å²) in [7, 11) is 0. The number of aryl methyl sites for hydroxylation is 1. The minimum atomic E-state index is 0.590. The Morgan fingerprint density at radius 1 is 1.53 bits per heavy atom. The van der Waals surface area contributed by atoms with Crippen LogP contribution in [0.25, 0.3) is 10.6 Å². The lowest BCUT2D eigenvalue weighted by molar-refractivity contribution is 0.502. The molecule has 1 aliphatic rings. The number of aromatic nitrogens is 1. The minimum Gasteiger partial charge on any atom is -0.472 e. The highest BCUT2D eigenvalue weighted by molar-refractivity contribution is 7.15. The van der Waals surface area contributed by atoms with Crippen molar-refractivity contribution >= 4 is 11.3 Å². The number of thiazole rings is 1. The Kier molecular flexibility index (Phi) is 3.99. The lowest BCUT2D eigenvalue weighted by atomic mass is 9.91. The van der Waals surface area contributed by atoms with E-state index in [0.29, 0.717) is 5.92 Å². The minimum absolute atomic E-state index is 0.590. The van der Waals surface area contributed by atoms with Crippen molar-refractivity contribution in [3.05, 3.63) is 29.2 Å². The second-order valence-electron chi connectivity index (χ2n) is 5.13. The van der Waals surface area contributed by atoms with Gasteiger partial charge in [-0.05, 0) is 38.3 Å². The summed E-state index contributed by atoms with van der Waals surface area (Å²) in [6.07, 6.45) is 8.44. The van der Waals surface area contributed by atoms with Crippen LogP contribution in [0.3, 0.4) is 0 Å². The third-order valence-corrected chi connectivity index (χ3v) is 4.84. The lowest BCUT2D eigenvalue weighted by Gasteiger charge is -2.21. The first-order valence-corrected chi connectivity index (χ1v) is 7.93. The predicted octanol–water partition coefficient (Wildman–Crippen LogP) is 3.82. The first-order valence-electron chi connectivity index (χ1n) is 7.11. The molecule has 3 rings (SSSR count). The highest BCUT2D eigenvalue weighted by Gasteiger charge is 2.24. The van der Waals surface area contributed by atoms with Crippen LogP contribution >= 0.6 is 11.3 Å². The Hall–Kier alpha value is -1.13. The molecule has 2 aromatic rings. The van der Waals surface area contributed by atoms with E-state index >= 15 is 0 Å². The van der Waals surface area contributed by atoms with Gasteiger partial charge >= 0.3 is 0 Å². The standard InChI is InChI=1S/C15H20N2OS/c1-2-7-16-9-11-4-3-5-13-14(11)17-15(19-13)12-6-8-18-10-12/h6,8,10-11,16H,2-5,7,9H2,1H3. The number of hydrogen-bond donors (Lipinski definition) is 1. The van der Waals surface area contributed by atoms with E-state index < -0.39 is 0 Å². The smallest absolute Gasteiger partial charge is 0.127 e. The Morgan fingerprint density at radius 3 is 3.26 bits per heavy atom. The van der Waals surface area contributed by atoms with E-state index in [4.69, 9.17) is 9.40 Å². The summed E-state index contributed by atoms with van der Waals surface area (Å²) in [6, 6.07) is 1.99. The maximum Gasteiger partial charge on any atom is 0.127 e. The summed E-state index contributed by atoms with van der Waals surface area (Å²) >= 11 is 1.84. The van der Waals surface area contributed by atoms with Gasteiger partial charge in [-0.1, -0.05) is 6.92 Å². The average Bonchev–Trinajstić information content (AvgIpc) is 3.08. The highest BCUT2D eigenvalue weighted by atomic mass is 32.1. The van der Waals surface area contributed by atoms with E-state index in [9.17, 15) is 0 Å². The molecule has 4 heteroatoms. The summed E-state index contributed by atoms with van der Waals surface area (Å²) in [4.78, 5) is 6.35. The number of rotatable bonds is 5. The summed E-state index contributed by atoms with van der Waals surface area (Å²) in [6.45, 7) is 4.37. The van der Waals surface area contributed by atoms with Crippen LogP contribution in [0.5, 0.6) is 0 Å². The highest BCUT2D eigenvalue weighted by Crippen LogP contribution is 2.37. The Bertz CT molecular complexity index is 518. The monoisotopic (exact) mass is 276 g/mol. The zero-order valence-corrected chi connectivity index (χ0v) is 12.1. The van der Waals surface area contributed by atoms with E-state index in [2.05, 4.69) is 12.2 Å². The second kappa shape index (κ2) is 5.88. The molecule has 0 aliphatic heterocycles. The van der Waals surface area contributed by atoms with Gasteiger partial charge in [0.2, 0.25) is 0 Å². The van der Waals surface area contributed by atoms with E-state index in [1.54, 1.807) is 12.5 Å². The molecule has 1 aliphatic carbocycles. The molecule has 1 unspecified atom stereocenters. The van der Waals surface area contributed by atoms with Crippen LogP contribution in [-0.4, -0.2) is 18.1 Å². The Balaban J connectivity index is 1.80. The topological polar surface area (TPSA) is 38.1 Å². The van der Waals surface area contributed by atoms with Gasteiger partial charge in [-0.15, -0.1) is 11.3 Å². The molecule has 2 heterocycles. The second-order valence-corrected chi connectivity index (χ2v) is 6.22. The van der Waals surface area contributed by atoms with Crippen LogP contribution in [0.2, 0.25) is 0 Å². The molecule has 0 bridgehead atoms. The van der Waals surface area contributed by atoms with Crippen LogP contribution in [0.15, 0.2) is 23.0 Å². The number of nitrogens with zero attached hydrogens (tertiary/aromatic N) is 1. The largest absolute Gasteiger partial charge is 0.472 e.